The smallest absolute Gasteiger partial charge is 0.127 e. The molecule has 0 aliphatic rings. The van der Waals surface area contributed by atoms with Crippen LogP contribution in [0.1, 0.15) is 5.56 Å². The summed E-state index contributed by atoms with van der Waals surface area (Å²) in [4.78, 5) is 0. The summed E-state index contributed by atoms with van der Waals surface area (Å²) >= 11 is 0. The van der Waals surface area contributed by atoms with Crippen molar-refractivity contribution in [2.75, 3.05) is 13.2 Å². The molecule has 13 heavy (non-hydrogen) atoms. The normalized spacial score (nSPS) is 9.38. The Bertz CT molecular complexity index is 245. The van der Waals surface area contributed by atoms with Crippen molar-refractivity contribution in [1.29, 1.82) is 0 Å². The molecule has 74 valence electrons. The molecule has 0 fully saturated rings. The largest absolute Gasteiger partial charge is 0.395 e. The molecule has 0 aliphatic heterocycles. The monoisotopic (exact) mass is 205 g/mol. The van der Waals surface area contributed by atoms with Crippen molar-refractivity contribution in [3.63, 3.8) is 0 Å². The fraction of sp³-hybridized carbons (Fsp3) is 0.333. The van der Waals surface area contributed by atoms with E-state index in [2.05, 4.69) is 5.32 Å². The van der Waals surface area contributed by atoms with Gasteiger partial charge in [-0.05, 0) is 6.07 Å². The number of halogens is 2. The Morgan fingerprint density at radius 3 is 2.62 bits per heavy atom. The van der Waals surface area contributed by atoms with Crippen molar-refractivity contribution in [2.45, 2.75) is 6.54 Å². The Labute approximate surface area is 83.2 Å². The first-order valence-electron chi connectivity index (χ1n) is 3.89. The van der Waals surface area contributed by atoms with E-state index < -0.39 is 0 Å². The lowest BCUT2D eigenvalue weighted by molar-refractivity contribution is 0.291. The number of benzene rings is 1. The van der Waals surface area contributed by atoms with Crippen molar-refractivity contribution in [1.82, 2.24) is 5.32 Å². The van der Waals surface area contributed by atoms with Crippen LogP contribution in [0.25, 0.3) is 0 Å². The Hall–Kier alpha value is -0.640. The average molecular weight is 206 g/mol. The molecule has 0 radical (unpaired) electrons. The number of nitrogens with one attached hydrogen (secondary N) is 1. The third-order valence-electron chi connectivity index (χ3n) is 1.56. The molecule has 1 aromatic rings. The second-order valence-corrected chi connectivity index (χ2v) is 2.49. The van der Waals surface area contributed by atoms with E-state index in [1.54, 1.807) is 18.2 Å². The van der Waals surface area contributed by atoms with E-state index in [9.17, 15) is 4.39 Å². The molecule has 0 unspecified atom stereocenters. The van der Waals surface area contributed by atoms with Gasteiger partial charge in [0.1, 0.15) is 5.82 Å². The predicted molar refractivity (Wildman–Crippen MR) is 52.4 cm³/mol. The molecule has 2 N–H and O–H groups in total. The Morgan fingerprint density at radius 1 is 1.31 bits per heavy atom. The summed E-state index contributed by atoms with van der Waals surface area (Å²) in [6.45, 7) is 1.04. The molecular weight excluding hydrogens is 193 g/mol. The maximum atomic E-state index is 12.9. The van der Waals surface area contributed by atoms with E-state index in [-0.39, 0.29) is 24.8 Å². The first-order chi connectivity index (χ1) is 5.84. The van der Waals surface area contributed by atoms with Crippen molar-refractivity contribution >= 4 is 12.4 Å². The minimum atomic E-state index is -0.206. The molecule has 1 aromatic carbocycles. The lowest BCUT2D eigenvalue weighted by Crippen LogP contribution is -2.18. The molecule has 0 saturated heterocycles. The summed E-state index contributed by atoms with van der Waals surface area (Å²) in [6, 6.07) is 6.60. The maximum absolute atomic E-state index is 12.9. The van der Waals surface area contributed by atoms with Crippen LogP contribution in [0.3, 0.4) is 0 Å². The number of rotatable bonds is 4. The van der Waals surface area contributed by atoms with E-state index in [0.29, 0.717) is 18.7 Å². The third-order valence-corrected chi connectivity index (χ3v) is 1.56. The molecule has 0 atom stereocenters. The van der Waals surface area contributed by atoms with Crippen LogP contribution >= 0.6 is 12.4 Å². The van der Waals surface area contributed by atoms with Crippen LogP contribution in [0.4, 0.5) is 4.39 Å². The van der Waals surface area contributed by atoms with Gasteiger partial charge >= 0.3 is 0 Å². The number of hydrogen-bond donors (Lipinski definition) is 2. The van der Waals surface area contributed by atoms with Crippen LogP contribution in [-0.4, -0.2) is 18.3 Å². The fourth-order valence-electron chi connectivity index (χ4n) is 0.944. The van der Waals surface area contributed by atoms with Crippen LogP contribution in [0.5, 0.6) is 0 Å². The van der Waals surface area contributed by atoms with Gasteiger partial charge in [-0.15, -0.1) is 12.4 Å². The minimum absolute atomic E-state index is 0. The van der Waals surface area contributed by atoms with Crippen LogP contribution in [0, 0.1) is 5.82 Å². The van der Waals surface area contributed by atoms with Gasteiger partial charge in [-0.1, -0.05) is 18.2 Å². The summed E-state index contributed by atoms with van der Waals surface area (Å²) in [7, 11) is 0. The van der Waals surface area contributed by atoms with E-state index in [0.717, 1.165) is 0 Å². The maximum Gasteiger partial charge on any atom is 0.127 e. The van der Waals surface area contributed by atoms with Crippen LogP contribution in [0.15, 0.2) is 24.3 Å². The lowest BCUT2D eigenvalue weighted by Gasteiger charge is -2.03. The molecule has 0 heterocycles. The summed E-state index contributed by atoms with van der Waals surface area (Å²) in [5.41, 5.74) is 0.631. The highest BCUT2D eigenvalue weighted by atomic mass is 35.5. The average Bonchev–Trinajstić information content (AvgIpc) is 2.09. The Balaban J connectivity index is 0.00000144. The zero-order valence-corrected chi connectivity index (χ0v) is 7.98. The zero-order valence-electron chi connectivity index (χ0n) is 7.16. The number of hydrogen-bond acceptors (Lipinski definition) is 2. The highest BCUT2D eigenvalue weighted by Crippen LogP contribution is 2.04. The van der Waals surface area contributed by atoms with Crippen LogP contribution in [0.2, 0.25) is 0 Å². The van der Waals surface area contributed by atoms with Gasteiger partial charge in [-0.3, -0.25) is 0 Å². The van der Waals surface area contributed by atoms with Crippen molar-refractivity contribution in [3.8, 4) is 0 Å². The van der Waals surface area contributed by atoms with Gasteiger partial charge in [-0.2, -0.15) is 0 Å². The summed E-state index contributed by atoms with van der Waals surface area (Å²) in [5, 5.41) is 11.4. The van der Waals surface area contributed by atoms with Crippen molar-refractivity contribution < 1.29 is 9.50 Å². The van der Waals surface area contributed by atoms with Gasteiger partial charge in [0.25, 0.3) is 0 Å². The van der Waals surface area contributed by atoms with Crippen LogP contribution in [-0.2, 0) is 6.54 Å². The van der Waals surface area contributed by atoms with Gasteiger partial charge in [0, 0.05) is 18.7 Å². The summed E-state index contributed by atoms with van der Waals surface area (Å²) in [6.07, 6.45) is 0. The summed E-state index contributed by atoms with van der Waals surface area (Å²) in [5.74, 6) is -0.206. The predicted octanol–water partition coefficient (Wildman–Crippen LogP) is 1.33. The molecule has 0 saturated carbocycles. The highest BCUT2D eigenvalue weighted by Gasteiger charge is 1.97. The SMILES string of the molecule is Cl.OCCNCc1ccccc1F. The quantitative estimate of drug-likeness (QED) is 0.727. The second-order valence-electron chi connectivity index (χ2n) is 2.49. The Morgan fingerprint density at radius 2 is 2.00 bits per heavy atom. The van der Waals surface area contributed by atoms with Gasteiger partial charge < -0.3 is 10.4 Å². The molecule has 0 spiro atoms. The van der Waals surface area contributed by atoms with Crippen LogP contribution < -0.4 is 5.32 Å². The van der Waals surface area contributed by atoms with Gasteiger partial charge in [0.15, 0.2) is 0 Å². The van der Waals surface area contributed by atoms with Gasteiger partial charge in [-0.25, -0.2) is 4.39 Å². The van der Waals surface area contributed by atoms with Gasteiger partial charge in [0.05, 0.1) is 6.61 Å². The number of aliphatic hydroxyl groups is 1. The molecule has 0 amide bonds. The first-order valence-corrected chi connectivity index (χ1v) is 3.89. The molecule has 1 rings (SSSR count). The lowest BCUT2D eigenvalue weighted by atomic mass is 10.2. The molecule has 0 bridgehead atoms. The molecule has 2 nitrogen and oxygen atoms in total. The standard InChI is InChI=1S/C9H12FNO.ClH/c10-9-4-2-1-3-8(9)7-11-5-6-12;/h1-4,11-12H,5-7H2;1H. The third kappa shape index (κ3) is 4.22. The molecule has 4 heteroatoms. The highest BCUT2D eigenvalue weighted by molar-refractivity contribution is 5.85. The fourth-order valence-corrected chi connectivity index (χ4v) is 0.944. The topological polar surface area (TPSA) is 32.3 Å². The first kappa shape index (κ1) is 12.4. The van der Waals surface area contributed by atoms with E-state index in [1.807, 2.05) is 0 Å². The van der Waals surface area contributed by atoms with Gasteiger partial charge in [0.2, 0.25) is 0 Å². The number of aliphatic hydroxyl groups excluding tert-OH is 1. The molecular formula is C9H13ClFNO. The molecule has 0 aliphatic carbocycles. The zero-order chi connectivity index (χ0) is 8.81. The Kier molecular flexibility index (Phi) is 6.49. The van der Waals surface area contributed by atoms with Crippen molar-refractivity contribution in [2.24, 2.45) is 0 Å². The molecule has 0 aromatic heterocycles. The van der Waals surface area contributed by atoms with Crippen molar-refractivity contribution in [3.05, 3.63) is 35.6 Å². The van der Waals surface area contributed by atoms with E-state index in [4.69, 9.17) is 5.11 Å². The van der Waals surface area contributed by atoms with E-state index >= 15 is 0 Å². The van der Waals surface area contributed by atoms with E-state index in [1.165, 1.54) is 6.07 Å². The minimum Gasteiger partial charge on any atom is -0.395 e. The second kappa shape index (κ2) is 6.83. The summed E-state index contributed by atoms with van der Waals surface area (Å²) < 4.78 is 12.9.